The van der Waals surface area contributed by atoms with Gasteiger partial charge in [0.25, 0.3) is 0 Å². The Bertz CT molecular complexity index is 339. The minimum Gasteiger partial charge on any atom is -0.308 e. The number of rotatable bonds is 3. The van der Waals surface area contributed by atoms with Crippen LogP contribution in [0.2, 0.25) is 0 Å². The van der Waals surface area contributed by atoms with Crippen LogP contribution >= 0.6 is 11.8 Å². The summed E-state index contributed by atoms with van der Waals surface area (Å²) in [6.45, 7) is -0.501. The predicted octanol–water partition coefficient (Wildman–Crippen LogP) is 2.86. The number of hydrogen-bond acceptors (Lipinski definition) is 2. The minimum atomic E-state index is -4.11. The fourth-order valence-corrected chi connectivity index (χ4v) is 3.03. The first kappa shape index (κ1) is 11.8. The van der Waals surface area contributed by atoms with Gasteiger partial charge in [0.1, 0.15) is 0 Å². The van der Waals surface area contributed by atoms with Gasteiger partial charge < -0.3 is 5.32 Å². The first-order valence-electron chi connectivity index (χ1n) is 5.06. The third-order valence-corrected chi connectivity index (χ3v) is 3.73. The Kier molecular flexibility index (Phi) is 3.44. The van der Waals surface area contributed by atoms with Gasteiger partial charge in [-0.15, -0.1) is 11.8 Å². The van der Waals surface area contributed by atoms with Crippen molar-refractivity contribution >= 4 is 11.8 Å². The SMILES string of the molecule is FC(F)(F)CNCC1Cc2ccccc2S1. The summed E-state index contributed by atoms with van der Waals surface area (Å²) in [6, 6.07) is 7.97. The van der Waals surface area contributed by atoms with Crippen LogP contribution in [0.3, 0.4) is 0 Å². The molecule has 88 valence electrons. The van der Waals surface area contributed by atoms with Gasteiger partial charge in [0, 0.05) is 16.7 Å². The van der Waals surface area contributed by atoms with E-state index in [-0.39, 0.29) is 5.25 Å². The Balaban J connectivity index is 1.79. The maximum absolute atomic E-state index is 11.9. The van der Waals surface area contributed by atoms with Gasteiger partial charge in [0.05, 0.1) is 6.54 Å². The Morgan fingerprint density at radius 3 is 2.75 bits per heavy atom. The second kappa shape index (κ2) is 4.67. The lowest BCUT2D eigenvalue weighted by atomic mass is 10.1. The average Bonchev–Trinajstić information content (AvgIpc) is 2.57. The molecule has 0 fully saturated rings. The monoisotopic (exact) mass is 247 g/mol. The molecule has 5 heteroatoms. The van der Waals surface area contributed by atoms with Crippen molar-refractivity contribution in [1.82, 2.24) is 5.32 Å². The van der Waals surface area contributed by atoms with Crippen molar-refractivity contribution in [1.29, 1.82) is 0 Å². The van der Waals surface area contributed by atoms with Crippen LogP contribution in [0, 0.1) is 0 Å². The summed E-state index contributed by atoms with van der Waals surface area (Å²) in [5.41, 5.74) is 1.24. The number of alkyl halides is 3. The number of hydrogen-bond donors (Lipinski definition) is 1. The van der Waals surface area contributed by atoms with E-state index in [2.05, 4.69) is 5.32 Å². The molecular weight excluding hydrogens is 235 g/mol. The molecule has 1 aromatic rings. The third-order valence-electron chi connectivity index (χ3n) is 2.41. The van der Waals surface area contributed by atoms with Crippen LogP contribution in [0.25, 0.3) is 0 Å². The second-order valence-corrected chi connectivity index (χ2v) is 5.14. The van der Waals surface area contributed by atoms with Crippen LogP contribution in [-0.2, 0) is 6.42 Å². The molecule has 16 heavy (non-hydrogen) atoms. The molecule has 1 heterocycles. The highest BCUT2D eigenvalue weighted by Gasteiger charge is 2.28. The van der Waals surface area contributed by atoms with Gasteiger partial charge in [-0.25, -0.2) is 0 Å². The van der Waals surface area contributed by atoms with E-state index in [1.807, 2.05) is 24.3 Å². The molecule has 1 unspecified atom stereocenters. The van der Waals surface area contributed by atoms with Crippen molar-refractivity contribution in [3.05, 3.63) is 29.8 Å². The molecular formula is C11H12F3NS. The van der Waals surface area contributed by atoms with Crippen LogP contribution in [0.4, 0.5) is 13.2 Å². The van der Waals surface area contributed by atoms with E-state index in [0.29, 0.717) is 6.54 Å². The summed E-state index contributed by atoms with van der Waals surface area (Å²) in [4.78, 5) is 1.20. The molecule has 1 aliphatic heterocycles. The van der Waals surface area contributed by atoms with Gasteiger partial charge in [0.2, 0.25) is 0 Å². The van der Waals surface area contributed by atoms with E-state index < -0.39 is 12.7 Å². The topological polar surface area (TPSA) is 12.0 Å². The molecule has 1 aliphatic rings. The van der Waals surface area contributed by atoms with Crippen molar-refractivity contribution in [2.45, 2.75) is 22.7 Å². The zero-order valence-electron chi connectivity index (χ0n) is 8.55. The second-order valence-electron chi connectivity index (χ2n) is 3.80. The number of halogens is 3. The Labute approximate surface area is 96.4 Å². The Morgan fingerprint density at radius 1 is 1.31 bits per heavy atom. The van der Waals surface area contributed by atoms with Crippen molar-refractivity contribution in [2.75, 3.05) is 13.1 Å². The molecule has 0 saturated carbocycles. The Hall–Kier alpha value is -0.680. The van der Waals surface area contributed by atoms with Gasteiger partial charge in [0.15, 0.2) is 0 Å². The summed E-state index contributed by atoms with van der Waals surface area (Å²) in [5, 5.41) is 2.68. The molecule has 0 amide bonds. The summed E-state index contributed by atoms with van der Waals surface area (Å²) >= 11 is 1.66. The first-order chi connectivity index (χ1) is 7.54. The van der Waals surface area contributed by atoms with Gasteiger partial charge in [-0.2, -0.15) is 13.2 Å². The van der Waals surface area contributed by atoms with Crippen LogP contribution in [-0.4, -0.2) is 24.5 Å². The fraction of sp³-hybridized carbons (Fsp3) is 0.455. The van der Waals surface area contributed by atoms with Crippen LogP contribution in [0.5, 0.6) is 0 Å². The van der Waals surface area contributed by atoms with Gasteiger partial charge >= 0.3 is 6.18 Å². The molecule has 1 aromatic carbocycles. The molecule has 1 nitrogen and oxygen atoms in total. The molecule has 2 rings (SSSR count). The van der Waals surface area contributed by atoms with Crippen molar-refractivity contribution in [2.24, 2.45) is 0 Å². The lowest BCUT2D eigenvalue weighted by Crippen LogP contribution is -2.33. The fourth-order valence-electron chi connectivity index (χ4n) is 1.74. The van der Waals surface area contributed by atoms with Crippen LogP contribution in [0.1, 0.15) is 5.56 Å². The quantitative estimate of drug-likeness (QED) is 0.881. The van der Waals surface area contributed by atoms with E-state index in [0.717, 1.165) is 6.42 Å². The Morgan fingerprint density at radius 2 is 2.06 bits per heavy atom. The normalized spacial score (nSPS) is 19.8. The summed E-state index contributed by atoms with van der Waals surface area (Å²) in [7, 11) is 0. The largest absolute Gasteiger partial charge is 0.401 e. The smallest absolute Gasteiger partial charge is 0.308 e. The zero-order valence-corrected chi connectivity index (χ0v) is 9.37. The molecule has 0 bridgehead atoms. The van der Waals surface area contributed by atoms with Gasteiger partial charge in [-0.1, -0.05) is 18.2 Å². The molecule has 0 saturated heterocycles. The molecule has 0 spiro atoms. The highest BCUT2D eigenvalue weighted by molar-refractivity contribution is 8.00. The number of fused-ring (bicyclic) bond motifs is 1. The van der Waals surface area contributed by atoms with Crippen molar-refractivity contribution < 1.29 is 13.2 Å². The van der Waals surface area contributed by atoms with Gasteiger partial charge in [-0.3, -0.25) is 0 Å². The van der Waals surface area contributed by atoms with E-state index in [1.54, 1.807) is 11.8 Å². The van der Waals surface area contributed by atoms with E-state index in [4.69, 9.17) is 0 Å². The summed E-state index contributed by atoms with van der Waals surface area (Å²) in [6.07, 6.45) is -3.26. The van der Waals surface area contributed by atoms with E-state index in [9.17, 15) is 13.2 Å². The first-order valence-corrected chi connectivity index (χ1v) is 5.94. The minimum absolute atomic E-state index is 0.222. The zero-order chi connectivity index (χ0) is 11.6. The highest BCUT2D eigenvalue weighted by atomic mass is 32.2. The predicted molar refractivity (Wildman–Crippen MR) is 58.7 cm³/mol. The molecule has 1 atom stereocenters. The van der Waals surface area contributed by atoms with E-state index in [1.165, 1.54) is 10.5 Å². The van der Waals surface area contributed by atoms with Crippen LogP contribution < -0.4 is 5.32 Å². The third kappa shape index (κ3) is 3.15. The standard InChI is InChI=1S/C11H12F3NS/c12-11(13,14)7-15-6-9-5-8-3-1-2-4-10(8)16-9/h1-4,9,15H,5-7H2. The molecule has 0 aromatic heterocycles. The average molecular weight is 247 g/mol. The molecule has 0 aliphatic carbocycles. The van der Waals surface area contributed by atoms with Crippen molar-refractivity contribution in [3.8, 4) is 0 Å². The maximum Gasteiger partial charge on any atom is 0.401 e. The van der Waals surface area contributed by atoms with Crippen molar-refractivity contribution in [3.63, 3.8) is 0 Å². The van der Waals surface area contributed by atoms with Gasteiger partial charge in [-0.05, 0) is 18.1 Å². The highest BCUT2D eigenvalue weighted by Crippen LogP contribution is 2.36. The molecule has 0 radical (unpaired) electrons. The summed E-state index contributed by atoms with van der Waals surface area (Å²) < 4.78 is 35.8. The van der Waals surface area contributed by atoms with Crippen LogP contribution in [0.15, 0.2) is 29.2 Å². The number of thioether (sulfide) groups is 1. The molecule has 1 N–H and O–H groups in total. The number of nitrogens with one attached hydrogen (secondary N) is 1. The lowest BCUT2D eigenvalue weighted by molar-refractivity contribution is -0.124. The number of benzene rings is 1. The van der Waals surface area contributed by atoms with E-state index >= 15 is 0 Å². The maximum atomic E-state index is 11.9. The lowest BCUT2D eigenvalue weighted by Gasteiger charge is -2.11. The summed E-state index contributed by atoms with van der Waals surface area (Å²) in [5.74, 6) is 0.